The number of nitrogens with one attached hydrogen (secondary N) is 1. The van der Waals surface area contributed by atoms with Crippen LogP contribution in [-0.4, -0.2) is 36.0 Å². The molecule has 0 aromatic carbocycles. The Morgan fingerprint density at radius 1 is 1.76 bits per heavy atom. The summed E-state index contributed by atoms with van der Waals surface area (Å²) in [6.45, 7) is 5.75. The van der Waals surface area contributed by atoms with E-state index in [9.17, 15) is 4.79 Å². The Kier molecular flexibility index (Phi) is 3.49. The summed E-state index contributed by atoms with van der Waals surface area (Å²) < 4.78 is 1.30. The predicted octanol–water partition coefficient (Wildman–Crippen LogP) is 0.491. The van der Waals surface area contributed by atoms with Crippen molar-refractivity contribution < 1.29 is 0 Å². The maximum absolute atomic E-state index is 11.9. The van der Waals surface area contributed by atoms with Crippen molar-refractivity contribution in [3.8, 4) is 0 Å². The molecule has 2 rings (SSSR count). The van der Waals surface area contributed by atoms with Crippen LogP contribution in [0, 0.1) is 0 Å². The van der Waals surface area contributed by atoms with Crippen molar-refractivity contribution in [1.29, 1.82) is 0 Å². The number of nitrogens with zero attached hydrogens (tertiary/aromatic N) is 3. The fourth-order valence-electron chi connectivity index (χ4n) is 1.70. The Bertz CT molecular complexity index is 481. The van der Waals surface area contributed by atoms with Crippen molar-refractivity contribution >= 4 is 17.3 Å². The van der Waals surface area contributed by atoms with Crippen LogP contribution in [0.5, 0.6) is 0 Å². The van der Waals surface area contributed by atoms with E-state index < -0.39 is 0 Å². The highest BCUT2D eigenvalue weighted by Crippen LogP contribution is 2.22. The van der Waals surface area contributed by atoms with Gasteiger partial charge in [0.2, 0.25) is 0 Å². The zero-order valence-corrected chi connectivity index (χ0v) is 10.4. The van der Waals surface area contributed by atoms with E-state index in [2.05, 4.69) is 17.0 Å². The van der Waals surface area contributed by atoms with Crippen LogP contribution in [0.25, 0.3) is 0 Å². The zero-order chi connectivity index (χ0) is 12.4. The Balaban J connectivity index is 2.32. The van der Waals surface area contributed by atoms with Crippen LogP contribution in [0.4, 0.5) is 5.69 Å². The molecular formula is C11H15ClN4O. The van der Waals surface area contributed by atoms with E-state index >= 15 is 0 Å². The first-order valence-electron chi connectivity index (χ1n) is 5.45. The van der Waals surface area contributed by atoms with E-state index in [4.69, 9.17) is 11.6 Å². The SMILES string of the molecule is C=CCn1ncc(N(C)C2CNC2)c(Cl)c1=O. The Labute approximate surface area is 105 Å². The lowest BCUT2D eigenvalue weighted by atomic mass is 10.1. The second-order valence-corrected chi connectivity index (χ2v) is 4.42. The minimum Gasteiger partial charge on any atom is -0.366 e. The first kappa shape index (κ1) is 12.1. The summed E-state index contributed by atoms with van der Waals surface area (Å²) in [5.41, 5.74) is 0.409. The maximum Gasteiger partial charge on any atom is 0.287 e. The zero-order valence-electron chi connectivity index (χ0n) is 9.69. The molecule has 1 saturated heterocycles. The summed E-state index contributed by atoms with van der Waals surface area (Å²) in [7, 11) is 1.92. The van der Waals surface area contributed by atoms with E-state index in [1.807, 2.05) is 11.9 Å². The molecule has 0 spiro atoms. The lowest BCUT2D eigenvalue weighted by molar-refractivity contribution is 0.428. The number of allylic oxidation sites excluding steroid dienone is 1. The number of aromatic nitrogens is 2. The normalized spacial score (nSPS) is 15.4. The molecule has 1 aliphatic rings. The molecule has 5 nitrogen and oxygen atoms in total. The van der Waals surface area contributed by atoms with Gasteiger partial charge in [-0.15, -0.1) is 6.58 Å². The highest BCUT2D eigenvalue weighted by Gasteiger charge is 2.24. The van der Waals surface area contributed by atoms with Gasteiger partial charge in [0.15, 0.2) is 0 Å². The van der Waals surface area contributed by atoms with Gasteiger partial charge in [0.05, 0.1) is 24.5 Å². The van der Waals surface area contributed by atoms with Crippen molar-refractivity contribution in [2.45, 2.75) is 12.6 Å². The van der Waals surface area contributed by atoms with Crippen molar-refractivity contribution in [3.05, 3.63) is 34.2 Å². The molecule has 2 heterocycles. The fourth-order valence-corrected chi connectivity index (χ4v) is 1.98. The predicted molar refractivity (Wildman–Crippen MR) is 68.8 cm³/mol. The Morgan fingerprint density at radius 2 is 2.47 bits per heavy atom. The second kappa shape index (κ2) is 4.89. The molecule has 0 bridgehead atoms. The molecule has 1 N–H and O–H groups in total. The number of anilines is 1. The van der Waals surface area contributed by atoms with Gasteiger partial charge in [-0.25, -0.2) is 4.68 Å². The molecule has 0 saturated carbocycles. The van der Waals surface area contributed by atoms with Crippen molar-refractivity contribution in [2.75, 3.05) is 25.0 Å². The smallest absolute Gasteiger partial charge is 0.287 e. The molecule has 1 fully saturated rings. The van der Waals surface area contributed by atoms with Gasteiger partial charge >= 0.3 is 0 Å². The number of hydrogen-bond acceptors (Lipinski definition) is 4. The molecule has 0 unspecified atom stereocenters. The van der Waals surface area contributed by atoms with E-state index in [0.29, 0.717) is 18.3 Å². The maximum atomic E-state index is 11.9. The largest absolute Gasteiger partial charge is 0.366 e. The highest BCUT2D eigenvalue weighted by molar-refractivity contribution is 6.33. The van der Waals surface area contributed by atoms with Crippen LogP contribution in [0.3, 0.4) is 0 Å². The molecular weight excluding hydrogens is 240 g/mol. The van der Waals surface area contributed by atoms with Gasteiger partial charge in [0.25, 0.3) is 5.56 Å². The minimum absolute atomic E-state index is 0.219. The van der Waals surface area contributed by atoms with E-state index in [1.165, 1.54) is 4.68 Å². The quantitative estimate of drug-likeness (QED) is 0.795. The van der Waals surface area contributed by atoms with E-state index in [0.717, 1.165) is 13.1 Å². The fraction of sp³-hybridized carbons (Fsp3) is 0.455. The molecule has 0 amide bonds. The van der Waals surface area contributed by atoms with Crippen LogP contribution in [0.2, 0.25) is 5.02 Å². The van der Waals surface area contributed by atoms with Crippen LogP contribution in [0.1, 0.15) is 0 Å². The van der Waals surface area contributed by atoms with Gasteiger partial charge in [-0.1, -0.05) is 17.7 Å². The van der Waals surface area contributed by atoms with Crippen LogP contribution >= 0.6 is 11.6 Å². The molecule has 17 heavy (non-hydrogen) atoms. The van der Waals surface area contributed by atoms with Gasteiger partial charge in [0.1, 0.15) is 5.02 Å². The third-order valence-corrected chi connectivity index (χ3v) is 3.31. The summed E-state index contributed by atoms with van der Waals surface area (Å²) in [6.07, 6.45) is 3.25. The molecule has 92 valence electrons. The van der Waals surface area contributed by atoms with Crippen molar-refractivity contribution in [2.24, 2.45) is 0 Å². The molecule has 1 aliphatic heterocycles. The average Bonchev–Trinajstić information content (AvgIpc) is 2.22. The van der Waals surface area contributed by atoms with Crippen LogP contribution in [0.15, 0.2) is 23.6 Å². The summed E-state index contributed by atoms with van der Waals surface area (Å²) in [5, 5.41) is 7.47. The topological polar surface area (TPSA) is 50.2 Å². The number of rotatable bonds is 4. The molecule has 1 aromatic heterocycles. The second-order valence-electron chi connectivity index (χ2n) is 4.04. The van der Waals surface area contributed by atoms with Crippen LogP contribution in [-0.2, 0) is 6.54 Å². The summed E-state index contributed by atoms with van der Waals surface area (Å²) in [4.78, 5) is 13.9. The third-order valence-electron chi connectivity index (χ3n) is 2.96. The van der Waals surface area contributed by atoms with Gasteiger partial charge < -0.3 is 10.2 Å². The summed E-state index contributed by atoms with van der Waals surface area (Å²) >= 11 is 6.08. The average molecular weight is 255 g/mol. The molecule has 0 atom stereocenters. The first-order valence-corrected chi connectivity index (χ1v) is 5.83. The van der Waals surface area contributed by atoms with Gasteiger partial charge in [0, 0.05) is 20.1 Å². The van der Waals surface area contributed by atoms with E-state index in [1.54, 1.807) is 12.3 Å². The highest BCUT2D eigenvalue weighted by atomic mass is 35.5. The molecule has 0 aliphatic carbocycles. The Hall–Kier alpha value is -1.33. The molecule has 1 aromatic rings. The lowest BCUT2D eigenvalue weighted by Gasteiger charge is -2.37. The van der Waals surface area contributed by atoms with Gasteiger partial charge in [-0.2, -0.15) is 5.10 Å². The standard InChI is InChI=1S/C11H15ClN4O/c1-3-4-16-11(17)10(12)9(7-14-16)15(2)8-5-13-6-8/h3,7-8,13H,1,4-6H2,2H3. The number of halogens is 1. The van der Waals surface area contributed by atoms with Gasteiger partial charge in [-0.3, -0.25) is 4.79 Å². The summed E-state index contributed by atoms with van der Waals surface area (Å²) in [6, 6.07) is 0.379. The third kappa shape index (κ3) is 2.21. The van der Waals surface area contributed by atoms with E-state index in [-0.39, 0.29) is 10.6 Å². The van der Waals surface area contributed by atoms with Crippen molar-refractivity contribution in [3.63, 3.8) is 0 Å². The van der Waals surface area contributed by atoms with Crippen LogP contribution < -0.4 is 15.8 Å². The number of likely N-dealkylation sites (N-methyl/N-ethyl adjacent to an activating group) is 1. The lowest BCUT2D eigenvalue weighted by Crippen LogP contribution is -2.56. The molecule has 6 heteroatoms. The number of hydrogen-bond donors (Lipinski definition) is 1. The molecule has 0 radical (unpaired) electrons. The monoisotopic (exact) mass is 254 g/mol. The van der Waals surface area contributed by atoms with Crippen molar-refractivity contribution in [1.82, 2.24) is 15.1 Å². The van der Waals surface area contributed by atoms with Gasteiger partial charge in [-0.05, 0) is 0 Å². The summed E-state index contributed by atoms with van der Waals surface area (Å²) in [5.74, 6) is 0. The Morgan fingerprint density at radius 3 is 3.00 bits per heavy atom. The first-order chi connectivity index (χ1) is 8.15. The minimum atomic E-state index is -0.275.